The van der Waals surface area contributed by atoms with Gasteiger partial charge in [-0.3, -0.25) is 19.7 Å². The molecule has 4 N–H and O–H groups in total. The van der Waals surface area contributed by atoms with E-state index in [4.69, 9.17) is 5.21 Å². The van der Waals surface area contributed by atoms with E-state index in [-0.39, 0.29) is 11.9 Å². The SMILES string of the molecule is CN(C)C(=O)c1c[nH]c(CN(CCc2c[nH]c3ccccc23)[C@@H]2CCc3cc(C=CC(=O)NO)ccc32)c1. The first-order valence-corrected chi connectivity index (χ1v) is 12.9. The minimum absolute atomic E-state index is 0.0143. The largest absolute Gasteiger partial charge is 0.363 e. The van der Waals surface area contributed by atoms with E-state index in [1.54, 1.807) is 36.7 Å². The summed E-state index contributed by atoms with van der Waals surface area (Å²) in [7, 11) is 3.52. The maximum atomic E-state index is 12.5. The van der Waals surface area contributed by atoms with Crippen molar-refractivity contribution in [2.75, 3.05) is 20.6 Å². The van der Waals surface area contributed by atoms with Crippen LogP contribution in [0.1, 0.15) is 50.8 Å². The molecule has 0 spiro atoms. The molecule has 2 heterocycles. The molecule has 4 aromatic rings. The number of hydroxylamine groups is 1. The molecule has 196 valence electrons. The fourth-order valence-corrected chi connectivity index (χ4v) is 5.39. The van der Waals surface area contributed by atoms with Gasteiger partial charge >= 0.3 is 0 Å². The Kier molecular flexibility index (Phi) is 7.44. The number of aromatic nitrogens is 2. The van der Waals surface area contributed by atoms with Crippen molar-refractivity contribution in [2.24, 2.45) is 0 Å². The van der Waals surface area contributed by atoms with Gasteiger partial charge in [0.2, 0.25) is 0 Å². The Hall–Kier alpha value is -4.14. The summed E-state index contributed by atoms with van der Waals surface area (Å²) in [5.41, 5.74) is 9.23. The summed E-state index contributed by atoms with van der Waals surface area (Å²) in [6, 6.07) is 16.9. The molecule has 0 bridgehead atoms. The van der Waals surface area contributed by atoms with Crippen molar-refractivity contribution in [3.63, 3.8) is 0 Å². The molecule has 0 saturated heterocycles. The van der Waals surface area contributed by atoms with E-state index in [1.165, 1.54) is 28.2 Å². The molecule has 2 amide bonds. The summed E-state index contributed by atoms with van der Waals surface area (Å²) in [5, 5.41) is 9.99. The Morgan fingerprint density at radius 2 is 1.95 bits per heavy atom. The number of aromatic amines is 2. The fourth-order valence-electron chi connectivity index (χ4n) is 5.39. The van der Waals surface area contributed by atoms with Gasteiger partial charge in [-0.2, -0.15) is 0 Å². The molecule has 0 aliphatic heterocycles. The van der Waals surface area contributed by atoms with Gasteiger partial charge in [0.25, 0.3) is 11.8 Å². The maximum Gasteiger partial charge on any atom is 0.267 e. The molecular formula is C30H33N5O3. The van der Waals surface area contributed by atoms with Crippen molar-refractivity contribution >= 4 is 28.8 Å². The van der Waals surface area contributed by atoms with E-state index < -0.39 is 5.91 Å². The number of hydrogen-bond acceptors (Lipinski definition) is 4. The highest BCUT2D eigenvalue weighted by Crippen LogP contribution is 2.37. The molecule has 38 heavy (non-hydrogen) atoms. The first kappa shape index (κ1) is 25.5. The van der Waals surface area contributed by atoms with Crippen LogP contribution in [0.2, 0.25) is 0 Å². The number of nitrogens with one attached hydrogen (secondary N) is 3. The molecule has 1 aliphatic carbocycles. The smallest absolute Gasteiger partial charge is 0.267 e. The topological polar surface area (TPSA) is 104 Å². The zero-order chi connectivity index (χ0) is 26.6. The molecule has 2 aromatic carbocycles. The molecule has 0 saturated carbocycles. The molecule has 8 heteroatoms. The second-order valence-electron chi connectivity index (χ2n) is 10.0. The third kappa shape index (κ3) is 5.41. The first-order valence-electron chi connectivity index (χ1n) is 12.9. The highest BCUT2D eigenvalue weighted by Gasteiger charge is 2.28. The van der Waals surface area contributed by atoms with Gasteiger partial charge in [-0.15, -0.1) is 0 Å². The molecule has 8 nitrogen and oxygen atoms in total. The summed E-state index contributed by atoms with van der Waals surface area (Å²) < 4.78 is 0. The monoisotopic (exact) mass is 511 g/mol. The van der Waals surface area contributed by atoms with Gasteiger partial charge in [0.1, 0.15) is 0 Å². The number of nitrogens with zero attached hydrogens (tertiary/aromatic N) is 2. The summed E-state index contributed by atoms with van der Waals surface area (Å²) in [6.07, 6.45) is 9.77. The molecule has 2 aromatic heterocycles. The standard InChI is InChI=1S/C30H33N5O3/c1-34(2)30(37)23-16-24(31-18-23)19-35(14-13-22-17-32-27-6-4-3-5-25(22)27)28-11-9-21-15-20(7-10-26(21)28)8-12-29(36)33-38/h3-8,10,12,15-18,28,31-32,38H,9,11,13-14,19H2,1-2H3,(H,33,36)/t28-/m1/s1. The van der Waals surface area contributed by atoms with Gasteiger partial charge < -0.3 is 14.9 Å². The van der Waals surface area contributed by atoms with Crippen molar-refractivity contribution in [1.29, 1.82) is 0 Å². The Labute approximate surface area is 221 Å². The van der Waals surface area contributed by atoms with E-state index in [0.29, 0.717) is 12.1 Å². The number of H-pyrrole nitrogens is 2. The van der Waals surface area contributed by atoms with E-state index >= 15 is 0 Å². The van der Waals surface area contributed by atoms with E-state index in [9.17, 15) is 9.59 Å². The van der Waals surface area contributed by atoms with Crippen LogP contribution >= 0.6 is 0 Å². The molecular weight excluding hydrogens is 478 g/mol. The maximum absolute atomic E-state index is 12.5. The van der Waals surface area contributed by atoms with Gasteiger partial charge in [0, 0.05) is 68.3 Å². The van der Waals surface area contributed by atoms with Gasteiger partial charge in [-0.05, 0) is 59.7 Å². The lowest BCUT2D eigenvalue weighted by atomic mass is 10.0. The summed E-state index contributed by atoms with van der Waals surface area (Å²) in [5.74, 6) is -0.565. The third-order valence-electron chi connectivity index (χ3n) is 7.30. The average molecular weight is 512 g/mol. The van der Waals surface area contributed by atoms with Crippen molar-refractivity contribution < 1.29 is 14.8 Å². The second kappa shape index (κ2) is 11.1. The lowest BCUT2D eigenvalue weighted by molar-refractivity contribution is -0.124. The van der Waals surface area contributed by atoms with Gasteiger partial charge in [0.05, 0.1) is 5.56 Å². The van der Waals surface area contributed by atoms with E-state index in [0.717, 1.165) is 42.6 Å². The van der Waals surface area contributed by atoms with Crippen LogP contribution in [-0.4, -0.2) is 57.4 Å². The summed E-state index contributed by atoms with van der Waals surface area (Å²) in [6.45, 7) is 1.56. The molecule has 5 rings (SSSR count). The van der Waals surface area contributed by atoms with Crippen LogP contribution in [0.3, 0.4) is 0 Å². The number of benzene rings is 2. The van der Waals surface area contributed by atoms with Crippen LogP contribution in [0.4, 0.5) is 0 Å². The minimum atomic E-state index is -0.551. The number of fused-ring (bicyclic) bond motifs is 2. The lowest BCUT2D eigenvalue weighted by Crippen LogP contribution is -2.29. The highest BCUT2D eigenvalue weighted by atomic mass is 16.5. The number of para-hydroxylation sites is 1. The quantitative estimate of drug-likeness (QED) is 0.151. The van der Waals surface area contributed by atoms with Crippen molar-refractivity contribution in [3.05, 3.63) is 101 Å². The predicted octanol–water partition coefficient (Wildman–Crippen LogP) is 4.45. The Bertz CT molecular complexity index is 1480. The number of hydrogen-bond donors (Lipinski definition) is 4. The normalized spacial score (nSPS) is 14.9. The zero-order valence-corrected chi connectivity index (χ0v) is 21.7. The second-order valence-corrected chi connectivity index (χ2v) is 10.0. The number of carbonyl (C=O) groups is 2. The van der Waals surface area contributed by atoms with Crippen LogP contribution < -0.4 is 5.48 Å². The summed E-state index contributed by atoms with van der Waals surface area (Å²) in [4.78, 5) is 34.6. The predicted molar refractivity (Wildman–Crippen MR) is 148 cm³/mol. The Balaban J connectivity index is 1.40. The molecule has 1 atom stereocenters. The van der Waals surface area contributed by atoms with Crippen LogP contribution in [0.5, 0.6) is 0 Å². The summed E-state index contributed by atoms with van der Waals surface area (Å²) >= 11 is 0. The van der Waals surface area contributed by atoms with Crippen molar-refractivity contribution in [2.45, 2.75) is 31.8 Å². The van der Waals surface area contributed by atoms with Crippen LogP contribution in [0, 0.1) is 0 Å². The fraction of sp³-hybridized carbons (Fsp3) is 0.267. The van der Waals surface area contributed by atoms with Crippen LogP contribution in [0.15, 0.2) is 67.0 Å². The Morgan fingerprint density at radius 3 is 2.76 bits per heavy atom. The lowest BCUT2D eigenvalue weighted by Gasteiger charge is -2.29. The zero-order valence-electron chi connectivity index (χ0n) is 21.7. The average Bonchev–Trinajstić information content (AvgIpc) is 3.67. The number of carbonyl (C=O) groups excluding carboxylic acids is 2. The Morgan fingerprint density at radius 1 is 1.11 bits per heavy atom. The highest BCUT2D eigenvalue weighted by molar-refractivity contribution is 5.94. The van der Waals surface area contributed by atoms with Gasteiger partial charge in [-0.25, -0.2) is 5.48 Å². The molecule has 0 unspecified atom stereocenters. The van der Waals surface area contributed by atoms with E-state index in [2.05, 4.69) is 51.4 Å². The molecule has 0 radical (unpaired) electrons. The van der Waals surface area contributed by atoms with Crippen LogP contribution in [-0.2, 0) is 24.2 Å². The van der Waals surface area contributed by atoms with Gasteiger partial charge in [-0.1, -0.05) is 36.4 Å². The van der Waals surface area contributed by atoms with E-state index in [1.807, 2.05) is 18.2 Å². The first-order chi connectivity index (χ1) is 18.4. The molecule has 1 aliphatic rings. The number of aryl methyl sites for hydroxylation is 1. The van der Waals surface area contributed by atoms with Crippen LogP contribution in [0.25, 0.3) is 17.0 Å². The minimum Gasteiger partial charge on any atom is -0.363 e. The number of rotatable bonds is 9. The molecule has 0 fully saturated rings. The van der Waals surface area contributed by atoms with Crippen molar-refractivity contribution in [1.82, 2.24) is 25.2 Å². The van der Waals surface area contributed by atoms with Crippen molar-refractivity contribution in [3.8, 4) is 0 Å². The van der Waals surface area contributed by atoms with Gasteiger partial charge in [0.15, 0.2) is 0 Å². The third-order valence-corrected chi connectivity index (χ3v) is 7.30. The number of amides is 2.